The molecule has 0 heterocycles. The number of halogens is 2. The summed E-state index contributed by atoms with van der Waals surface area (Å²) in [5, 5.41) is 0. The van der Waals surface area contributed by atoms with E-state index in [9.17, 15) is 0 Å². The predicted octanol–water partition coefficient (Wildman–Crippen LogP) is 4.92. The van der Waals surface area contributed by atoms with Gasteiger partial charge in [0.15, 0.2) is 0 Å². The Morgan fingerprint density at radius 1 is 0.684 bits per heavy atom. The first-order valence-electron chi connectivity index (χ1n) is 6.84. The van der Waals surface area contributed by atoms with E-state index in [2.05, 4.69) is 9.98 Å². The first-order chi connectivity index (χ1) is 9.28. The molecule has 4 radical (unpaired) electrons. The molecule has 0 unspecified atom stereocenters. The zero-order valence-corrected chi connectivity index (χ0v) is 15.0. The van der Waals surface area contributed by atoms with Crippen molar-refractivity contribution < 1.29 is 16.5 Å². The predicted molar refractivity (Wildman–Crippen MR) is 80.3 cm³/mol. The molecule has 2 aliphatic carbocycles. The molecule has 0 N–H and O–H groups in total. The molecule has 2 fully saturated rings. The Hall–Kier alpha value is 0.608. The third kappa shape index (κ3) is 12.1. The monoisotopic (exact) mass is 483 g/mol. The average molecular weight is 484 g/mol. The zero-order chi connectivity index (χ0) is 14.3. The third-order valence-corrected chi connectivity index (χ3v) is 3.51. The Balaban J connectivity index is 0.000000284. The maximum absolute atomic E-state index is 6.72. The molecule has 0 spiro atoms. The fourth-order valence-electron chi connectivity index (χ4n) is 2.42. The van der Waals surface area contributed by atoms with Gasteiger partial charge in [0.2, 0.25) is 0 Å². The summed E-state index contributed by atoms with van der Waals surface area (Å²) in [6.07, 6.45) is 12.5. The van der Waals surface area contributed by atoms with E-state index in [0.29, 0.717) is 12.1 Å². The van der Waals surface area contributed by atoms with Crippen molar-refractivity contribution in [2.75, 3.05) is 0 Å². The van der Waals surface area contributed by atoms with Gasteiger partial charge in [0.1, 0.15) is 13.4 Å². The number of aliphatic imine (C=N–C) groups is 2. The second-order valence-corrected chi connectivity index (χ2v) is 8.17. The molecule has 0 aromatic heterocycles. The van der Waals surface area contributed by atoms with Crippen LogP contribution in [-0.2, 0) is 16.5 Å². The van der Waals surface area contributed by atoms with Gasteiger partial charge in [-0.2, -0.15) is 0 Å². The van der Waals surface area contributed by atoms with Crippen molar-refractivity contribution >= 4 is 32.3 Å². The van der Waals surface area contributed by atoms with Gasteiger partial charge in [-0.3, -0.25) is 9.98 Å². The van der Waals surface area contributed by atoms with E-state index in [4.69, 9.17) is 32.3 Å². The summed E-state index contributed by atoms with van der Waals surface area (Å²) in [6, 6.07) is 0.757. The van der Waals surface area contributed by atoms with Crippen LogP contribution in [0.2, 0.25) is 0 Å². The van der Waals surface area contributed by atoms with Crippen molar-refractivity contribution in [3.63, 3.8) is 0 Å². The van der Waals surface area contributed by atoms with Gasteiger partial charge in [-0.15, -0.1) is 0 Å². The summed E-state index contributed by atoms with van der Waals surface area (Å²) in [5.74, 6) is 0. The van der Waals surface area contributed by atoms with Crippen LogP contribution in [0.15, 0.2) is 9.98 Å². The maximum atomic E-state index is 6.72. The van der Waals surface area contributed by atoms with Crippen LogP contribution in [-0.4, -0.2) is 25.5 Å². The summed E-state index contributed by atoms with van der Waals surface area (Å²) in [4.78, 5) is 7.00. The fourth-order valence-corrected chi connectivity index (χ4v) is 2.42. The van der Waals surface area contributed by atoms with E-state index in [1.54, 1.807) is 0 Å². The van der Waals surface area contributed by atoms with Crippen LogP contribution < -0.4 is 0 Å². The molecule has 0 atom stereocenters. The van der Waals surface area contributed by atoms with Gasteiger partial charge >= 0.3 is 35.3 Å². The third-order valence-electron chi connectivity index (χ3n) is 3.51. The molecule has 0 saturated heterocycles. The van der Waals surface area contributed by atoms with Crippen LogP contribution in [0.5, 0.6) is 0 Å². The van der Waals surface area contributed by atoms with E-state index in [1.165, 1.54) is 38.5 Å². The second-order valence-electron chi connectivity index (χ2n) is 4.89. The number of nitrogens with zero attached hydrogens (tertiary/aromatic N) is 2. The molecular formula is C14H22Cl2N2Pt. The summed E-state index contributed by atoms with van der Waals surface area (Å²) in [7, 11) is 9.75. The Bertz CT molecular complexity index is 193. The van der Waals surface area contributed by atoms with Crippen LogP contribution in [0.4, 0.5) is 0 Å². The molecular weight excluding hydrogens is 462 g/mol. The van der Waals surface area contributed by atoms with Crippen molar-refractivity contribution in [1.82, 2.24) is 0 Å². The normalized spacial score (nSPS) is 20.5. The topological polar surface area (TPSA) is 24.7 Å². The molecule has 112 valence electrons. The molecule has 0 bridgehead atoms. The van der Waals surface area contributed by atoms with Crippen molar-refractivity contribution in [2.24, 2.45) is 9.98 Å². The average Bonchev–Trinajstić information content (AvgIpc) is 2.50. The molecule has 0 aromatic carbocycles. The summed E-state index contributed by atoms with van der Waals surface area (Å²) < 4.78 is 0. The van der Waals surface area contributed by atoms with E-state index >= 15 is 0 Å². The van der Waals surface area contributed by atoms with Gasteiger partial charge in [-0.05, 0) is 25.7 Å². The zero-order valence-electron chi connectivity index (χ0n) is 11.2. The summed E-state index contributed by atoms with van der Waals surface area (Å²) in [5.41, 5.74) is 0. The summed E-state index contributed by atoms with van der Waals surface area (Å²) in [6.45, 7) is 13.4. The molecule has 0 amide bonds. The van der Waals surface area contributed by atoms with Crippen molar-refractivity contribution in [1.29, 1.82) is 0 Å². The molecule has 2 rings (SSSR count). The first-order valence-corrected chi connectivity index (χ1v) is 12.5. The van der Waals surface area contributed by atoms with Crippen molar-refractivity contribution in [3.05, 3.63) is 0 Å². The Kier molecular flexibility index (Phi) is 15.5. The van der Waals surface area contributed by atoms with Crippen LogP contribution in [0.25, 0.3) is 0 Å². The van der Waals surface area contributed by atoms with Crippen molar-refractivity contribution in [3.8, 4) is 0 Å². The van der Waals surface area contributed by atoms with Gasteiger partial charge in [-0.25, -0.2) is 0 Å². The van der Waals surface area contributed by atoms with Crippen LogP contribution >= 0.6 is 18.8 Å². The first kappa shape index (κ1) is 19.6. The van der Waals surface area contributed by atoms with Gasteiger partial charge < -0.3 is 0 Å². The van der Waals surface area contributed by atoms with Gasteiger partial charge in [0.05, 0.1) is 12.1 Å². The molecule has 2 nitrogen and oxygen atoms in total. The molecule has 2 aliphatic rings. The van der Waals surface area contributed by atoms with Gasteiger partial charge in [0, 0.05) is 0 Å². The Morgan fingerprint density at radius 2 is 0.947 bits per heavy atom. The summed E-state index contributed by atoms with van der Waals surface area (Å²) >= 11 is -0.472. The van der Waals surface area contributed by atoms with Crippen LogP contribution in [0, 0.1) is 0 Å². The standard InChI is InChI=1S/2C7H11N.2ClH.Pt/c2*1-8-7-5-3-2-4-6-7;;;/h2*7H,2-6H2;2*1H;/q;;;;+2/p-2. The van der Waals surface area contributed by atoms with E-state index < -0.39 is 16.5 Å². The van der Waals surface area contributed by atoms with E-state index in [0.717, 1.165) is 25.7 Å². The molecule has 5 heteroatoms. The minimum atomic E-state index is -0.472. The minimum absolute atomic E-state index is 0.378. The van der Waals surface area contributed by atoms with E-state index in [1.807, 2.05) is 0 Å². The van der Waals surface area contributed by atoms with Crippen molar-refractivity contribution in [2.45, 2.75) is 76.3 Å². The van der Waals surface area contributed by atoms with Crippen LogP contribution in [0.1, 0.15) is 64.2 Å². The van der Waals surface area contributed by atoms with Gasteiger partial charge in [0.25, 0.3) is 0 Å². The molecule has 0 aliphatic heterocycles. The number of hydrogen-bond donors (Lipinski definition) is 0. The quantitative estimate of drug-likeness (QED) is 0.497. The van der Waals surface area contributed by atoms with Crippen LogP contribution in [0.3, 0.4) is 0 Å². The van der Waals surface area contributed by atoms with Gasteiger partial charge in [-0.1, -0.05) is 38.5 Å². The SMILES string of the molecule is [C]=NC1CCCCC1.[C]=NC1CCCCC1.[Cl][Pt][Cl]. The Labute approximate surface area is 134 Å². The van der Waals surface area contributed by atoms with E-state index in [-0.39, 0.29) is 0 Å². The Morgan fingerprint density at radius 3 is 1.11 bits per heavy atom. The molecule has 2 saturated carbocycles. The molecule has 0 aromatic rings. The number of hydrogen-bond acceptors (Lipinski definition) is 2. The fraction of sp³-hybridized carbons (Fsp3) is 0.857. The second kappa shape index (κ2) is 15.0. The molecule has 19 heavy (non-hydrogen) atoms. The number of rotatable bonds is 2.